The summed E-state index contributed by atoms with van der Waals surface area (Å²) in [5, 5.41) is 4.14. The second-order valence-electron chi connectivity index (χ2n) is 5.31. The Bertz CT molecular complexity index is 618. The highest BCUT2D eigenvalue weighted by Gasteiger charge is 2.23. The molecule has 2 rings (SSSR count). The molecule has 4 nitrogen and oxygen atoms in total. The van der Waals surface area contributed by atoms with Gasteiger partial charge >= 0.3 is 0 Å². The van der Waals surface area contributed by atoms with Crippen molar-refractivity contribution in [1.82, 2.24) is 9.78 Å². The average molecular weight is 295 g/mol. The number of benzene rings is 1. The monoisotopic (exact) mass is 295 g/mol. The van der Waals surface area contributed by atoms with Crippen LogP contribution in [0.5, 0.6) is 5.88 Å². The Hall–Kier alpha value is -2.11. The van der Waals surface area contributed by atoms with E-state index < -0.39 is 12.5 Å². The predicted octanol–water partition coefficient (Wildman–Crippen LogP) is 3.28. The van der Waals surface area contributed by atoms with Crippen molar-refractivity contribution in [2.24, 2.45) is 0 Å². The molecule has 0 aliphatic carbocycles. The highest BCUT2D eigenvalue weighted by molar-refractivity contribution is 5.56. The Kier molecular flexibility index (Phi) is 4.16. The van der Waals surface area contributed by atoms with E-state index in [0.717, 1.165) is 23.9 Å². The van der Waals surface area contributed by atoms with Gasteiger partial charge in [0.1, 0.15) is 0 Å². The molecular formula is C15H19F2N3O. The number of aromatic nitrogens is 2. The second kappa shape index (κ2) is 5.71. The summed E-state index contributed by atoms with van der Waals surface area (Å²) < 4.78 is 32.5. The summed E-state index contributed by atoms with van der Waals surface area (Å²) in [6, 6.07) is 7.36. The minimum atomic E-state index is -2.88. The third-order valence-electron chi connectivity index (χ3n) is 2.99. The smallest absolute Gasteiger partial charge is 0.278 e. The molecule has 0 aliphatic rings. The van der Waals surface area contributed by atoms with E-state index in [1.165, 1.54) is 10.9 Å². The van der Waals surface area contributed by atoms with Gasteiger partial charge in [-0.2, -0.15) is 5.10 Å². The number of anilines is 1. The van der Waals surface area contributed by atoms with Crippen LogP contribution in [0, 0.1) is 6.92 Å². The molecule has 0 saturated carbocycles. The van der Waals surface area contributed by atoms with Crippen LogP contribution in [0.2, 0.25) is 0 Å². The van der Waals surface area contributed by atoms with Crippen LogP contribution in [0.25, 0.3) is 5.69 Å². The molecule has 0 bridgehead atoms. The minimum absolute atomic E-state index is 0.300. The maximum Gasteiger partial charge on any atom is 0.278 e. The van der Waals surface area contributed by atoms with Gasteiger partial charge in [-0.05, 0) is 30.7 Å². The Labute approximate surface area is 122 Å². The lowest BCUT2D eigenvalue weighted by atomic mass is 10.1. The topological polar surface area (TPSA) is 30.3 Å². The summed E-state index contributed by atoms with van der Waals surface area (Å²) in [4.78, 5) is 2.01. The number of rotatable bonds is 5. The summed E-state index contributed by atoms with van der Waals surface area (Å²) in [5.74, 6) is -2.58. The summed E-state index contributed by atoms with van der Waals surface area (Å²) in [6.45, 7) is 2.14. The van der Waals surface area contributed by atoms with E-state index >= 15 is 0 Å². The van der Waals surface area contributed by atoms with Gasteiger partial charge in [0.05, 0.1) is 11.9 Å². The van der Waals surface area contributed by atoms with Crippen LogP contribution >= 0.6 is 0 Å². The molecule has 2 aromatic rings. The van der Waals surface area contributed by atoms with Gasteiger partial charge in [0.25, 0.3) is 5.92 Å². The van der Waals surface area contributed by atoms with E-state index in [-0.39, 0.29) is 0 Å². The highest BCUT2D eigenvalue weighted by atomic mass is 19.3. The Morgan fingerprint density at radius 3 is 2.57 bits per heavy atom. The zero-order valence-corrected chi connectivity index (χ0v) is 12.6. The lowest BCUT2D eigenvalue weighted by Crippen LogP contribution is -2.22. The third-order valence-corrected chi connectivity index (χ3v) is 2.99. The van der Waals surface area contributed by atoms with Crippen LogP contribution in [-0.4, -0.2) is 36.4 Å². The SMILES string of the molecule is Cc1cc(-n2nccc2OCC(C)(F)F)ccc1N(C)C. The van der Waals surface area contributed by atoms with Crippen molar-refractivity contribution in [3.8, 4) is 11.6 Å². The zero-order valence-electron chi connectivity index (χ0n) is 12.6. The summed E-state index contributed by atoms with van der Waals surface area (Å²) in [5.41, 5.74) is 2.94. The number of aryl methyl sites for hydroxylation is 1. The summed E-state index contributed by atoms with van der Waals surface area (Å²) in [7, 11) is 3.93. The summed E-state index contributed by atoms with van der Waals surface area (Å²) >= 11 is 0. The van der Waals surface area contributed by atoms with E-state index in [1.54, 1.807) is 6.07 Å². The molecule has 0 amide bonds. The van der Waals surface area contributed by atoms with Gasteiger partial charge in [0, 0.05) is 32.8 Å². The molecule has 0 spiro atoms. The predicted molar refractivity (Wildman–Crippen MR) is 78.7 cm³/mol. The van der Waals surface area contributed by atoms with E-state index in [2.05, 4.69) is 5.10 Å². The van der Waals surface area contributed by atoms with E-state index in [1.807, 2.05) is 44.1 Å². The molecule has 114 valence electrons. The minimum Gasteiger partial charge on any atom is -0.471 e. The van der Waals surface area contributed by atoms with Crippen LogP contribution in [0.1, 0.15) is 12.5 Å². The quantitative estimate of drug-likeness (QED) is 0.848. The van der Waals surface area contributed by atoms with Crippen molar-refractivity contribution in [3.63, 3.8) is 0 Å². The molecule has 1 aromatic heterocycles. The molecule has 0 atom stereocenters. The normalized spacial score (nSPS) is 11.5. The van der Waals surface area contributed by atoms with Crippen molar-refractivity contribution in [3.05, 3.63) is 36.0 Å². The molecule has 0 radical (unpaired) electrons. The summed E-state index contributed by atoms with van der Waals surface area (Å²) in [6.07, 6.45) is 1.53. The van der Waals surface area contributed by atoms with Crippen LogP contribution in [0.3, 0.4) is 0 Å². The van der Waals surface area contributed by atoms with Gasteiger partial charge < -0.3 is 9.64 Å². The van der Waals surface area contributed by atoms with Crippen molar-refractivity contribution < 1.29 is 13.5 Å². The molecule has 0 unspecified atom stereocenters. The number of nitrogens with zero attached hydrogens (tertiary/aromatic N) is 3. The molecular weight excluding hydrogens is 276 g/mol. The fraction of sp³-hybridized carbons (Fsp3) is 0.400. The average Bonchev–Trinajstić information content (AvgIpc) is 2.83. The first-order chi connectivity index (χ1) is 9.78. The maximum absolute atomic E-state index is 12.9. The van der Waals surface area contributed by atoms with Crippen molar-refractivity contribution in [2.45, 2.75) is 19.8 Å². The van der Waals surface area contributed by atoms with Crippen LogP contribution in [-0.2, 0) is 0 Å². The maximum atomic E-state index is 12.9. The first-order valence-electron chi connectivity index (χ1n) is 6.61. The third kappa shape index (κ3) is 3.71. The van der Waals surface area contributed by atoms with Gasteiger partial charge in [-0.25, -0.2) is 13.5 Å². The standard InChI is InChI=1S/C15H19F2N3O/c1-11-9-12(5-6-13(11)19(3)4)20-14(7-8-18-20)21-10-15(2,16)17/h5-9H,10H2,1-4H3. The first-order valence-corrected chi connectivity index (χ1v) is 6.61. The molecule has 0 aliphatic heterocycles. The Morgan fingerprint density at radius 2 is 2.00 bits per heavy atom. The Morgan fingerprint density at radius 1 is 1.29 bits per heavy atom. The van der Waals surface area contributed by atoms with E-state index in [0.29, 0.717) is 5.88 Å². The number of ether oxygens (including phenoxy) is 1. The molecule has 21 heavy (non-hydrogen) atoms. The molecule has 0 N–H and O–H groups in total. The van der Waals surface area contributed by atoms with Crippen LogP contribution in [0.15, 0.2) is 30.5 Å². The van der Waals surface area contributed by atoms with Gasteiger partial charge in [0.15, 0.2) is 6.61 Å². The van der Waals surface area contributed by atoms with Gasteiger partial charge in [-0.3, -0.25) is 0 Å². The lowest BCUT2D eigenvalue weighted by molar-refractivity contribution is -0.0249. The second-order valence-corrected chi connectivity index (χ2v) is 5.31. The van der Waals surface area contributed by atoms with Gasteiger partial charge in [-0.1, -0.05) is 0 Å². The van der Waals surface area contributed by atoms with Crippen molar-refractivity contribution in [2.75, 3.05) is 25.6 Å². The number of hydrogen-bond donors (Lipinski definition) is 0. The highest BCUT2D eigenvalue weighted by Crippen LogP contribution is 2.24. The number of hydrogen-bond acceptors (Lipinski definition) is 3. The van der Waals surface area contributed by atoms with E-state index in [4.69, 9.17) is 4.74 Å². The van der Waals surface area contributed by atoms with Crippen LogP contribution in [0.4, 0.5) is 14.5 Å². The van der Waals surface area contributed by atoms with Gasteiger partial charge in [-0.15, -0.1) is 0 Å². The van der Waals surface area contributed by atoms with E-state index in [9.17, 15) is 8.78 Å². The molecule has 1 aromatic carbocycles. The molecule has 1 heterocycles. The fourth-order valence-corrected chi connectivity index (χ4v) is 2.07. The zero-order chi connectivity index (χ0) is 15.6. The molecule has 0 saturated heterocycles. The number of halogens is 2. The number of alkyl halides is 2. The van der Waals surface area contributed by atoms with Crippen molar-refractivity contribution >= 4 is 5.69 Å². The Balaban J connectivity index is 2.27. The van der Waals surface area contributed by atoms with Crippen LogP contribution < -0.4 is 9.64 Å². The lowest BCUT2D eigenvalue weighted by Gasteiger charge is -2.17. The fourth-order valence-electron chi connectivity index (χ4n) is 2.07. The largest absolute Gasteiger partial charge is 0.471 e. The first kappa shape index (κ1) is 15.3. The molecule has 0 fully saturated rings. The van der Waals surface area contributed by atoms with Crippen molar-refractivity contribution in [1.29, 1.82) is 0 Å². The van der Waals surface area contributed by atoms with Gasteiger partial charge in [0.2, 0.25) is 5.88 Å². The molecule has 6 heteroatoms.